The Balaban J connectivity index is 1.81. The van der Waals surface area contributed by atoms with Crippen LogP contribution in [0.3, 0.4) is 0 Å². The summed E-state index contributed by atoms with van der Waals surface area (Å²) in [5.41, 5.74) is -0.882. The maximum absolute atomic E-state index is 14.2. The number of nitrogens with zero attached hydrogens (tertiary/aromatic N) is 1. The van der Waals surface area contributed by atoms with E-state index in [1.54, 1.807) is 36.9 Å². The lowest BCUT2D eigenvalue weighted by Gasteiger charge is -2.41. The summed E-state index contributed by atoms with van der Waals surface area (Å²) in [5, 5.41) is 9.89. The van der Waals surface area contributed by atoms with Gasteiger partial charge in [0.25, 0.3) is 0 Å². The van der Waals surface area contributed by atoms with Gasteiger partial charge in [0, 0.05) is 18.7 Å². The number of likely N-dealkylation sites (tertiary alicyclic amines) is 1. The van der Waals surface area contributed by atoms with Gasteiger partial charge in [0.05, 0.1) is 10.8 Å². The lowest BCUT2D eigenvalue weighted by Crippen LogP contribution is -2.52. The molecule has 1 N–H and O–H groups in total. The van der Waals surface area contributed by atoms with Crippen molar-refractivity contribution < 1.29 is 19.1 Å². The van der Waals surface area contributed by atoms with Crippen molar-refractivity contribution >= 4 is 11.9 Å². The molecule has 27 heavy (non-hydrogen) atoms. The van der Waals surface area contributed by atoms with Crippen LogP contribution in [-0.2, 0) is 20.4 Å². The summed E-state index contributed by atoms with van der Waals surface area (Å²) in [6.07, 6.45) is 0.677. The Kier molecular flexibility index (Phi) is 5.05. The normalized spacial score (nSPS) is 16.8. The number of benzene rings is 2. The van der Waals surface area contributed by atoms with E-state index in [1.807, 2.05) is 30.3 Å². The lowest BCUT2D eigenvalue weighted by atomic mass is 9.72. The number of carboxylic acid groups (broad SMARTS) is 1. The Morgan fingerprint density at radius 2 is 1.56 bits per heavy atom. The van der Waals surface area contributed by atoms with E-state index in [0.717, 1.165) is 5.56 Å². The average Bonchev–Trinajstić information content (AvgIpc) is 2.68. The fraction of sp³-hybridized carbons (Fsp3) is 0.364. The van der Waals surface area contributed by atoms with Crippen molar-refractivity contribution in [2.24, 2.45) is 0 Å². The maximum atomic E-state index is 14.2. The third-order valence-electron chi connectivity index (χ3n) is 5.72. The summed E-state index contributed by atoms with van der Waals surface area (Å²) < 4.78 is 14.2. The third kappa shape index (κ3) is 3.34. The van der Waals surface area contributed by atoms with Gasteiger partial charge in [0.1, 0.15) is 5.82 Å². The Morgan fingerprint density at radius 1 is 1.00 bits per heavy atom. The Labute approximate surface area is 158 Å². The molecule has 1 aliphatic heterocycles. The number of hydrogen-bond donors (Lipinski definition) is 1. The van der Waals surface area contributed by atoms with Crippen molar-refractivity contribution in [2.45, 2.75) is 37.5 Å². The van der Waals surface area contributed by atoms with Crippen molar-refractivity contribution in [2.75, 3.05) is 13.1 Å². The van der Waals surface area contributed by atoms with Crippen molar-refractivity contribution in [3.8, 4) is 0 Å². The van der Waals surface area contributed by atoms with Crippen LogP contribution in [0.1, 0.15) is 37.8 Å². The zero-order chi connectivity index (χ0) is 19.7. The maximum Gasteiger partial charge on any atom is 0.314 e. The molecule has 0 aromatic heterocycles. The molecule has 3 rings (SSSR count). The molecule has 0 bridgehead atoms. The van der Waals surface area contributed by atoms with E-state index < -0.39 is 22.6 Å². The molecule has 1 aliphatic rings. The molecule has 1 fully saturated rings. The highest BCUT2D eigenvalue weighted by Crippen LogP contribution is 2.37. The molecule has 2 aromatic carbocycles. The standard InChI is InChI=1S/C22H24FNO3/c1-21(2,17-10-6-7-11-18(17)23)19(25)24-14-12-22(13-15-24,20(26)27)16-8-4-3-5-9-16/h3-11H,12-15H2,1-2H3,(H,26,27). The van der Waals surface area contributed by atoms with Gasteiger partial charge in [-0.15, -0.1) is 0 Å². The zero-order valence-corrected chi connectivity index (χ0v) is 15.6. The van der Waals surface area contributed by atoms with Crippen LogP contribution < -0.4 is 0 Å². The molecule has 1 heterocycles. The minimum absolute atomic E-state index is 0.181. The molecule has 2 aromatic rings. The van der Waals surface area contributed by atoms with Crippen molar-refractivity contribution in [3.63, 3.8) is 0 Å². The van der Waals surface area contributed by atoms with Crippen LogP contribution in [-0.4, -0.2) is 35.0 Å². The first-order valence-corrected chi connectivity index (χ1v) is 9.12. The Hall–Kier alpha value is -2.69. The van der Waals surface area contributed by atoms with Crippen molar-refractivity contribution in [3.05, 3.63) is 71.5 Å². The number of aliphatic carboxylic acids is 1. The van der Waals surface area contributed by atoms with E-state index >= 15 is 0 Å². The molecule has 142 valence electrons. The molecule has 4 nitrogen and oxygen atoms in total. The van der Waals surface area contributed by atoms with Gasteiger partial charge < -0.3 is 10.0 Å². The summed E-state index contributed by atoms with van der Waals surface area (Å²) in [7, 11) is 0. The number of piperidine rings is 1. The number of rotatable bonds is 4. The van der Waals surface area contributed by atoms with E-state index in [-0.39, 0.29) is 5.91 Å². The van der Waals surface area contributed by atoms with E-state index in [9.17, 15) is 19.1 Å². The van der Waals surface area contributed by atoms with Gasteiger partial charge in [0.2, 0.25) is 5.91 Å². The van der Waals surface area contributed by atoms with Gasteiger partial charge in [-0.05, 0) is 38.3 Å². The summed E-state index contributed by atoms with van der Waals surface area (Å²) in [4.78, 5) is 26.8. The highest BCUT2D eigenvalue weighted by molar-refractivity contribution is 5.88. The molecule has 1 saturated heterocycles. The number of hydrogen-bond acceptors (Lipinski definition) is 2. The van der Waals surface area contributed by atoms with Crippen molar-refractivity contribution in [1.29, 1.82) is 0 Å². The predicted molar refractivity (Wildman–Crippen MR) is 101 cm³/mol. The second-order valence-corrected chi connectivity index (χ2v) is 7.65. The molecule has 0 radical (unpaired) electrons. The third-order valence-corrected chi connectivity index (χ3v) is 5.72. The quantitative estimate of drug-likeness (QED) is 0.893. The first kappa shape index (κ1) is 19.1. The van der Waals surface area contributed by atoms with Crippen LogP contribution >= 0.6 is 0 Å². The highest BCUT2D eigenvalue weighted by Gasteiger charge is 2.46. The van der Waals surface area contributed by atoms with E-state index in [4.69, 9.17) is 0 Å². The minimum Gasteiger partial charge on any atom is -0.481 e. The highest BCUT2D eigenvalue weighted by atomic mass is 19.1. The van der Waals surface area contributed by atoms with E-state index in [2.05, 4.69) is 0 Å². The molecule has 5 heteroatoms. The van der Waals surface area contributed by atoms with Crippen LogP contribution in [0.2, 0.25) is 0 Å². The molecule has 1 amide bonds. The molecule has 0 atom stereocenters. The molecule has 0 aliphatic carbocycles. The van der Waals surface area contributed by atoms with Crippen LogP contribution in [0.25, 0.3) is 0 Å². The van der Waals surface area contributed by atoms with Gasteiger partial charge in [0.15, 0.2) is 0 Å². The molecular weight excluding hydrogens is 345 g/mol. The first-order valence-electron chi connectivity index (χ1n) is 9.12. The van der Waals surface area contributed by atoms with Gasteiger partial charge in [-0.25, -0.2) is 4.39 Å². The number of carbonyl (C=O) groups excluding carboxylic acids is 1. The van der Waals surface area contributed by atoms with Gasteiger partial charge >= 0.3 is 5.97 Å². The second-order valence-electron chi connectivity index (χ2n) is 7.65. The summed E-state index contributed by atoms with van der Waals surface area (Å²) in [6.45, 7) is 4.09. The number of carbonyl (C=O) groups is 2. The number of halogens is 1. The lowest BCUT2D eigenvalue weighted by molar-refractivity contribution is -0.149. The predicted octanol–water partition coefficient (Wildman–Crippen LogP) is 3.75. The van der Waals surface area contributed by atoms with E-state index in [0.29, 0.717) is 31.5 Å². The minimum atomic E-state index is -1.01. The Bertz CT molecular complexity index is 840. The molecule has 0 spiro atoms. The summed E-state index contributed by atoms with van der Waals surface area (Å²) in [6, 6.07) is 15.5. The van der Waals surface area contributed by atoms with E-state index in [1.165, 1.54) is 6.07 Å². The Morgan fingerprint density at radius 3 is 2.11 bits per heavy atom. The fourth-order valence-corrected chi connectivity index (χ4v) is 3.95. The molecule has 0 saturated carbocycles. The fourth-order valence-electron chi connectivity index (χ4n) is 3.95. The SMILES string of the molecule is CC(C)(C(=O)N1CCC(C(=O)O)(c2ccccc2)CC1)c1ccccc1F. The second kappa shape index (κ2) is 7.14. The van der Waals surface area contributed by atoms with Crippen molar-refractivity contribution in [1.82, 2.24) is 4.90 Å². The largest absolute Gasteiger partial charge is 0.481 e. The molecule has 0 unspecified atom stereocenters. The smallest absolute Gasteiger partial charge is 0.314 e. The number of amides is 1. The van der Waals surface area contributed by atoms with Crippen LogP contribution in [0, 0.1) is 5.82 Å². The summed E-state index contributed by atoms with van der Waals surface area (Å²) >= 11 is 0. The van der Waals surface area contributed by atoms with Gasteiger partial charge in [-0.1, -0.05) is 48.5 Å². The molecular formula is C22H24FNO3. The first-order chi connectivity index (χ1) is 12.8. The van der Waals surface area contributed by atoms with Gasteiger partial charge in [-0.2, -0.15) is 0 Å². The number of carboxylic acids is 1. The van der Waals surface area contributed by atoms with Gasteiger partial charge in [-0.3, -0.25) is 9.59 Å². The summed E-state index contributed by atoms with van der Waals surface area (Å²) in [5.74, 6) is -1.45. The average molecular weight is 369 g/mol. The monoisotopic (exact) mass is 369 g/mol. The van der Waals surface area contributed by atoms with Crippen LogP contribution in [0.15, 0.2) is 54.6 Å². The zero-order valence-electron chi connectivity index (χ0n) is 15.6. The van der Waals surface area contributed by atoms with Crippen LogP contribution in [0.5, 0.6) is 0 Å². The topological polar surface area (TPSA) is 57.6 Å². The van der Waals surface area contributed by atoms with Crippen LogP contribution in [0.4, 0.5) is 4.39 Å².